The number of halogens is 1. The van der Waals surface area contributed by atoms with E-state index in [1.165, 1.54) is 6.07 Å². The van der Waals surface area contributed by atoms with E-state index in [-0.39, 0.29) is 5.82 Å². The Labute approximate surface area is 106 Å². The van der Waals surface area contributed by atoms with E-state index in [4.69, 9.17) is 10.5 Å². The van der Waals surface area contributed by atoms with Crippen LogP contribution in [0.3, 0.4) is 0 Å². The first-order valence-electron chi connectivity index (χ1n) is 5.93. The molecule has 0 saturated heterocycles. The summed E-state index contributed by atoms with van der Waals surface area (Å²) < 4.78 is 19.1. The lowest BCUT2D eigenvalue weighted by molar-refractivity contribution is 0.476. The minimum absolute atomic E-state index is 0.309. The second-order valence-corrected chi connectivity index (χ2v) is 4.20. The van der Waals surface area contributed by atoms with Gasteiger partial charge >= 0.3 is 0 Å². The Balaban J connectivity index is 2.37. The lowest BCUT2D eigenvalue weighted by Gasteiger charge is -2.12. The van der Waals surface area contributed by atoms with Crippen LogP contribution in [0.2, 0.25) is 0 Å². The van der Waals surface area contributed by atoms with Crippen LogP contribution in [0, 0.1) is 12.7 Å². The number of para-hydroxylation sites is 1. The van der Waals surface area contributed by atoms with E-state index in [0.29, 0.717) is 17.0 Å². The topological polar surface area (TPSA) is 35.2 Å². The number of nitrogens with two attached hydrogens (primary N) is 1. The van der Waals surface area contributed by atoms with Gasteiger partial charge in [-0.1, -0.05) is 25.1 Å². The highest BCUT2D eigenvalue weighted by Gasteiger charge is 2.08. The molecule has 3 heteroatoms. The zero-order chi connectivity index (χ0) is 13.1. The number of ether oxygens (including phenoxy) is 1. The molecule has 2 N–H and O–H groups in total. The van der Waals surface area contributed by atoms with Gasteiger partial charge in [0.05, 0.1) is 5.69 Å². The minimum atomic E-state index is -0.316. The van der Waals surface area contributed by atoms with Crippen LogP contribution in [0.4, 0.5) is 10.1 Å². The summed E-state index contributed by atoms with van der Waals surface area (Å²) in [5.74, 6) is 0.941. The summed E-state index contributed by atoms with van der Waals surface area (Å²) in [6.45, 7) is 3.74. The molecule has 0 spiro atoms. The number of hydrogen-bond donors (Lipinski definition) is 1. The largest absolute Gasteiger partial charge is 0.455 e. The highest BCUT2D eigenvalue weighted by Crippen LogP contribution is 2.31. The Morgan fingerprint density at radius 3 is 2.61 bits per heavy atom. The van der Waals surface area contributed by atoms with E-state index in [1.54, 1.807) is 13.0 Å². The van der Waals surface area contributed by atoms with Gasteiger partial charge in [-0.3, -0.25) is 0 Å². The molecule has 0 amide bonds. The van der Waals surface area contributed by atoms with Gasteiger partial charge in [0.25, 0.3) is 0 Å². The first-order chi connectivity index (χ1) is 8.61. The van der Waals surface area contributed by atoms with Crippen molar-refractivity contribution in [2.24, 2.45) is 0 Å². The van der Waals surface area contributed by atoms with Crippen LogP contribution in [0.25, 0.3) is 0 Å². The van der Waals surface area contributed by atoms with E-state index in [2.05, 4.69) is 6.92 Å². The summed E-state index contributed by atoms with van der Waals surface area (Å²) in [4.78, 5) is 0. The molecule has 2 rings (SSSR count). The molecule has 0 heterocycles. The first kappa shape index (κ1) is 12.4. The molecule has 2 aromatic carbocycles. The number of rotatable bonds is 3. The Kier molecular flexibility index (Phi) is 3.51. The average Bonchev–Trinajstić information content (AvgIpc) is 2.36. The number of aryl methyl sites for hydroxylation is 2. The van der Waals surface area contributed by atoms with E-state index in [1.807, 2.05) is 24.3 Å². The van der Waals surface area contributed by atoms with E-state index in [9.17, 15) is 4.39 Å². The Morgan fingerprint density at radius 1 is 1.17 bits per heavy atom. The third kappa shape index (κ3) is 2.45. The van der Waals surface area contributed by atoms with Gasteiger partial charge < -0.3 is 10.5 Å². The number of benzene rings is 2. The Bertz CT molecular complexity index is 566. The van der Waals surface area contributed by atoms with Crippen molar-refractivity contribution in [2.45, 2.75) is 20.3 Å². The zero-order valence-corrected chi connectivity index (χ0v) is 10.5. The van der Waals surface area contributed by atoms with Crippen LogP contribution in [-0.2, 0) is 6.42 Å². The molecule has 0 atom stereocenters. The highest BCUT2D eigenvalue weighted by molar-refractivity contribution is 5.56. The minimum Gasteiger partial charge on any atom is -0.455 e. The van der Waals surface area contributed by atoms with Crippen molar-refractivity contribution in [3.8, 4) is 11.5 Å². The van der Waals surface area contributed by atoms with Crippen molar-refractivity contribution in [2.75, 3.05) is 5.73 Å². The summed E-state index contributed by atoms with van der Waals surface area (Å²) in [5.41, 5.74) is 7.69. The van der Waals surface area contributed by atoms with Crippen LogP contribution in [0.5, 0.6) is 11.5 Å². The average molecular weight is 245 g/mol. The summed E-state index contributed by atoms with van der Waals surface area (Å²) >= 11 is 0. The molecule has 18 heavy (non-hydrogen) atoms. The first-order valence-corrected chi connectivity index (χ1v) is 5.93. The van der Waals surface area contributed by atoms with Gasteiger partial charge in [0.1, 0.15) is 11.6 Å². The molecule has 0 fully saturated rings. The van der Waals surface area contributed by atoms with Crippen molar-refractivity contribution in [3.05, 3.63) is 53.3 Å². The Hall–Kier alpha value is -2.03. The number of anilines is 1. The zero-order valence-electron chi connectivity index (χ0n) is 10.5. The molecular weight excluding hydrogens is 229 g/mol. The molecule has 94 valence electrons. The van der Waals surface area contributed by atoms with Crippen LogP contribution < -0.4 is 10.5 Å². The van der Waals surface area contributed by atoms with Crippen LogP contribution in [0.15, 0.2) is 36.4 Å². The van der Waals surface area contributed by atoms with Gasteiger partial charge in [-0.2, -0.15) is 0 Å². The molecule has 0 aliphatic heterocycles. The van der Waals surface area contributed by atoms with Gasteiger partial charge in [0.15, 0.2) is 5.75 Å². The van der Waals surface area contributed by atoms with Crippen molar-refractivity contribution < 1.29 is 9.13 Å². The van der Waals surface area contributed by atoms with Crippen LogP contribution in [-0.4, -0.2) is 0 Å². The van der Waals surface area contributed by atoms with Crippen molar-refractivity contribution in [1.29, 1.82) is 0 Å². The van der Waals surface area contributed by atoms with Crippen molar-refractivity contribution in [3.63, 3.8) is 0 Å². The second-order valence-electron chi connectivity index (χ2n) is 4.20. The fourth-order valence-electron chi connectivity index (χ4n) is 1.77. The molecular formula is C15H16FNO. The lowest BCUT2D eigenvalue weighted by atomic mass is 10.1. The predicted molar refractivity (Wildman–Crippen MR) is 71.4 cm³/mol. The molecule has 0 aliphatic rings. The maximum atomic E-state index is 13.3. The Morgan fingerprint density at radius 2 is 1.89 bits per heavy atom. The molecule has 2 aromatic rings. The summed E-state index contributed by atoms with van der Waals surface area (Å²) in [6.07, 6.45) is 0.871. The smallest absolute Gasteiger partial charge is 0.150 e. The van der Waals surface area contributed by atoms with Crippen molar-refractivity contribution >= 4 is 5.69 Å². The maximum Gasteiger partial charge on any atom is 0.150 e. The van der Waals surface area contributed by atoms with E-state index < -0.39 is 0 Å². The van der Waals surface area contributed by atoms with Crippen molar-refractivity contribution in [1.82, 2.24) is 0 Å². The maximum absolute atomic E-state index is 13.3. The van der Waals surface area contributed by atoms with Gasteiger partial charge in [-0.25, -0.2) is 4.39 Å². The van der Waals surface area contributed by atoms with Gasteiger partial charge in [-0.15, -0.1) is 0 Å². The third-order valence-electron chi connectivity index (χ3n) is 2.86. The quantitative estimate of drug-likeness (QED) is 0.827. The van der Waals surface area contributed by atoms with Crippen LogP contribution in [0.1, 0.15) is 18.1 Å². The molecule has 0 unspecified atom stereocenters. The SMILES string of the molecule is CCc1ccccc1Oc1cc(C)c(F)cc1N. The van der Waals surface area contributed by atoms with Crippen LogP contribution >= 0.6 is 0 Å². The highest BCUT2D eigenvalue weighted by atomic mass is 19.1. The van der Waals surface area contributed by atoms with Gasteiger partial charge in [0, 0.05) is 6.07 Å². The molecule has 0 aliphatic carbocycles. The fourth-order valence-corrected chi connectivity index (χ4v) is 1.77. The van der Waals surface area contributed by atoms with E-state index in [0.717, 1.165) is 17.7 Å². The number of nitrogen functional groups attached to an aromatic ring is 1. The monoisotopic (exact) mass is 245 g/mol. The lowest BCUT2D eigenvalue weighted by Crippen LogP contribution is -1.97. The third-order valence-corrected chi connectivity index (χ3v) is 2.86. The summed E-state index contributed by atoms with van der Waals surface area (Å²) in [6, 6.07) is 10.7. The van der Waals surface area contributed by atoms with E-state index >= 15 is 0 Å². The molecule has 2 nitrogen and oxygen atoms in total. The predicted octanol–water partition coefficient (Wildman–Crippen LogP) is 4.07. The molecule has 0 aromatic heterocycles. The summed E-state index contributed by atoms with van der Waals surface area (Å²) in [5, 5.41) is 0. The summed E-state index contributed by atoms with van der Waals surface area (Å²) in [7, 11) is 0. The molecule has 0 radical (unpaired) electrons. The fraction of sp³-hybridized carbons (Fsp3) is 0.200. The standard InChI is InChI=1S/C15H16FNO/c1-3-11-6-4-5-7-14(11)18-15-8-10(2)12(16)9-13(15)17/h4-9H,3,17H2,1-2H3. The number of hydrogen-bond acceptors (Lipinski definition) is 2. The van der Waals surface area contributed by atoms with Gasteiger partial charge in [0.2, 0.25) is 0 Å². The van der Waals surface area contributed by atoms with Gasteiger partial charge in [-0.05, 0) is 36.6 Å². The molecule has 0 bridgehead atoms. The normalized spacial score (nSPS) is 10.4. The molecule has 0 saturated carbocycles. The second kappa shape index (κ2) is 5.08.